The van der Waals surface area contributed by atoms with Gasteiger partial charge >= 0.3 is 0 Å². The van der Waals surface area contributed by atoms with Gasteiger partial charge in [0.05, 0.1) is 16.7 Å². The topological polar surface area (TPSA) is 11.4 Å². The van der Waals surface area contributed by atoms with Crippen molar-refractivity contribution in [2.75, 3.05) is 9.80 Å². The molecule has 0 amide bonds. The van der Waals surface area contributed by atoms with Crippen LogP contribution in [0.4, 0.5) is 34.1 Å². The molecule has 0 atom stereocenters. The molecule has 0 spiro atoms. The van der Waals surface area contributed by atoms with E-state index in [1.807, 2.05) is 0 Å². The van der Waals surface area contributed by atoms with Gasteiger partial charge in [0.2, 0.25) is 0 Å². The van der Waals surface area contributed by atoms with Crippen LogP contribution < -0.4 is 67.7 Å². The molecule has 17 rings (SSSR count). The van der Waals surface area contributed by atoms with Gasteiger partial charge in [0.1, 0.15) is 0 Å². The van der Waals surface area contributed by atoms with E-state index in [1.54, 1.807) is 0 Å². The van der Waals surface area contributed by atoms with Crippen molar-refractivity contribution in [1.82, 2.24) is 4.57 Å². The van der Waals surface area contributed by atoms with Crippen molar-refractivity contribution >= 4 is 137 Å². The van der Waals surface area contributed by atoms with Crippen molar-refractivity contribution in [3.8, 4) is 16.8 Å². The Labute approximate surface area is 528 Å². The summed E-state index contributed by atoms with van der Waals surface area (Å²) in [6.45, 7) is -0.152. The second-order valence-electron chi connectivity index (χ2n) is 23.9. The fraction of sp³-hybridized carbons (Fsp3) is 0. The standard InChI is InChI=1S/C84H60BN3Si2/c1-8-29-61(30-9-1)62-31-28-32-64(57-62)87-81-56-55-73(90(69-39-16-5-17-40-69,70-41-18-6-19-42-70)71-43-20-7-21-44-71)60-77(81)85-76-47-24-27-50-80(76)86(82-58-65(59-83(87)84(82)85)88-78-48-25-22-45-74(78)75-46-23-26-49-79(75)88)63-51-53-72(54-52-63)89(66-33-10-2-11-34-66,67-35-12-3-13-36-67)68-37-14-4-15-38-68/h1-60H. The zero-order valence-electron chi connectivity index (χ0n) is 49.6. The largest absolute Gasteiger partial charge is 0.311 e. The van der Waals surface area contributed by atoms with E-state index in [9.17, 15) is 0 Å². The molecule has 3 heterocycles. The maximum Gasteiger partial charge on any atom is 0.252 e. The summed E-state index contributed by atoms with van der Waals surface area (Å²) in [5.41, 5.74) is 16.4. The van der Waals surface area contributed by atoms with Crippen molar-refractivity contribution < 1.29 is 0 Å². The summed E-state index contributed by atoms with van der Waals surface area (Å²) in [5.74, 6) is 0. The molecule has 14 aromatic carbocycles. The Balaban J connectivity index is 0.973. The molecule has 2 aliphatic heterocycles. The first-order valence-electron chi connectivity index (χ1n) is 31.3. The van der Waals surface area contributed by atoms with Crippen LogP contribution in [-0.2, 0) is 0 Å². The van der Waals surface area contributed by atoms with Crippen molar-refractivity contribution in [2.24, 2.45) is 0 Å². The van der Waals surface area contributed by atoms with E-state index in [1.165, 1.54) is 96.6 Å². The molecule has 0 unspecified atom stereocenters. The van der Waals surface area contributed by atoms with Crippen LogP contribution in [0.2, 0.25) is 0 Å². The molecule has 0 fully saturated rings. The summed E-state index contributed by atoms with van der Waals surface area (Å²) in [7, 11) is -5.89. The van der Waals surface area contributed by atoms with E-state index in [4.69, 9.17) is 0 Å². The zero-order chi connectivity index (χ0) is 59.6. The predicted octanol–water partition coefficient (Wildman–Crippen LogP) is 13.3. The molecule has 2 aliphatic rings. The van der Waals surface area contributed by atoms with Crippen molar-refractivity contribution in [1.29, 1.82) is 0 Å². The van der Waals surface area contributed by atoms with Crippen LogP contribution in [0.5, 0.6) is 0 Å². The Bertz CT molecular complexity index is 4880. The quantitative estimate of drug-likeness (QED) is 0.0892. The van der Waals surface area contributed by atoms with Gasteiger partial charge in [-0.1, -0.05) is 303 Å². The molecule has 6 heteroatoms. The maximum absolute atomic E-state index is 3.02. The number of para-hydroxylation sites is 3. The second kappa shape index (κ2) is 22.0. The molecule has 3 nitrogen and oxygen atoms in total. The molecule has 0 saturated heterocycles. The lowest BCUT2D eigenvalue weighted by molar-refractivity contribution is 1.16. The third-order valence-electron chi connectivity index (χ3n) is 19.2. The highest BCUT2D eigenvalue weighted by Gasteiger charge is 2.48. The minimum atomic E-state index is -3.02. The summed E-state index contributed by atoms with van der Waals surface area (Å²) < 4.78 is 2.51. The molecule has 0 bridgehead atoms. The molecule has 1 aromatic heterocycles. The van der Waals surface area contributed by atoms with Crippen LogP contribution in [0.15, 0.2) is 364 Å². The third-order valence-corrected chi connectivity index (χ3v) is 28.8. The van der Waals surface area contributed by atoms with E-state index in [2.05, 4.69) is 378 Å². The van der Waals surface area contributed by atoms with Crippen LogP contribution in [-0.4, -0.2) is 27.4 Å². The predicted molar refractivity (Wildman–Crippen MR) is 387 cm³/mol. The highest BCUT2D eigenvalue weighted by atomic mass is 28.3. The number of hydrogen-bond donors (Lipinski definition) is 0. The van der Waals surface area contributed by atoms with Crippen LogP contribution in [0, 0.1) is 0 Å². The van der Waals surface area contributed by atoms with Gasteiger partial charge in [-0.05, 0) is 130 Å². The normalized spacial score (nSPS) is 12.6. The minimum Gasteiger partial charge on any atom is -0.311 e. The first-order chi connectivity index (χ1) is 44.7. The Morgan fingerprint density at radius 2 is 0.600 bits per heavy atom. The van der Waals surface area contributed by atoms with Gasteiger partial charge < -0.3 is 14.4 Å². The maximum atomic E-state index is 2.64. The molecule has 15 aromatic rings. The van der Waals surface area contributed by atoms with Gasteiger partial charge in [0, 0.05) is 44.9 Å². The van der Waals surface area contributed by atoms with Gasteiger partial charge in [0.25, 0.3) is 6.71 Å². The molecule has 90 heavy (non-hydrogen) atoms. The fourth-order valence-electron chi connectivity index (χ4n) is 15.5. The molecular weight excluding hydrogens is 1120 g/mol. The van der Waals surface area contributed by atoms with Crippen LogP contribution >= 0.6 is 0 Å². The summed E-state index contributed by atoms with van der Waals surface area (Å²) in [6.07, 6.45) is 0. The second-order valence-corrected chi connectivity index (χ2v) is 31.5. The van der Waals surface area contributed by atoms with Crippen LogP contribution in [0.1, 0.15) is 0 Å². The highest BCUT2D eigenvalue weighted by molar-refractivity contribution is 7.20. The summed E-state index contributed by atoms with van der Waals surface area (Å²) in [6, 6.07) is 137. The number of rotatable bonds is 12. The average molecular weight is 1180 g/mol. The first-order valence-corrected chi connectivity index (χ1v) is 35.3. The van der Waals surface area contributed by atoms with Gasteiger partial charge in [-0.2, -0.15) is 0 Å². The van der Waals surface area contributed by atoms with Gasteiger partial charge in [0.15, 0.2) is 16.1 Å². The zero-order valence-corrected chi connectivity index (χ0v) is 51.6. The van der Waals surface area contributed by atoms with E-state index in [0.29, 0.717) is 0 Å². The van der Waals surface area contributed by atoms with E-state index in [-0.39, 0.29) is 6.71 Å². The van der Waals surface area contributed by atoms with Crippen LogP contribution in [0.25, 0.3) is 38.6 Å². The smallest absolute Gasteiger partial charge is 0.252 e. The van der Waals surface area contributed by atoms with E-state index in [0.717, 1.165) is 34.0 Å². The summed E-state index contributed by atoms with van der Waals surface area (Å²) >= 11 is 0. The monoisotopic (exact) mass is 1180 g/mol. The number of anilines is 6. The van der Waals surface area contributed by atoms with Crippen molar-refractivity contribution in [3.63, 3.8) is 0 Å². The Morgan fingerprint density at radius 1 is 0.222 bits per heavy atom. The third kappa shape index (κ3) is 8.33. The van der Waals surface area contributed by atoms with Gasteiger partial charge in [-0.3, -0.25) is 0 Å². The Morgan fingerprint density at radius 3 is 1.10 bits per heavy atom. The van der Waals surface area contributed by atoms with E-state index >= 15 is 0 Å². The number of hydrogen-bond acceptors (Lipinski definition) is 2. The lowest BCUT2D eigenvalue weighted by Crippen LogP contribution is -2.75. The lowest BCUT2D eigenvalue weighted by Gasteiger charge is -2.45. The molecule has 0 aliphatic carbocycles. The minimum absolute atomic E-state index is 0.152. The average Bonchev–Trinajstić information content (AvgIpc) is 0.785. The fourth-order valence-corrected chi connectivity index (χ4v) is 25.0. The molecular formula is C84H60BN3Si2. The number of fused-ring (bicyclic) bond motifs is 7. The Kier molecular flexibility index (Phi) is 13.0. The van der Waals surface area contributed by atoms with Crippen LogP contribution in [0.3, 0.4) is 0 Å². The van der Waals surface area contributed by atoms with Crippen molar-refractivity contribution in [3.05, 3.63) is 364 Å². The Hall–Kier alpha value is -11.0. The summed E-state index contributed by atoms with van der Waals surface area (Å²) in [5, 5.41) is 13.2. The van der Waals surface area contributed by atoms with Crippen molar-refractivity contribution in [2.45, 2.75) is 0 Å². The molecule has 0 saturated carbocycles. The number of nitrogens with zero attached hydrogens (tertiary/aromatic N) is 3. The number of benzene rings is 14. The number of aromatic nitrogens is 1. The summed E-state index contributed by atoms with van der Waals surface area (Å²) in [4.78, 5) is 5.19. The van der Waals surface area contributed by atoms with Gasteiger partial charge in [-0.25, -0.2) is 0 Å². The SMILES string of the molecule is c1ccc(-c2cccc(N3c4ccc([Si](c5ccccc5)(c5ccccc5)c5ccccc5)cc4B4c5ccccc5N(c5ccc([Si](c6ccccc6)(c6ccccc6)c6ccccc6)cc5)c5cc(-n6c7ccccc7c7ccccc76)cc3c54)c2)cc1. The molecule has 422 valence electrons. The van der Waals surface area contributed by atoms with E-state index < -0.39 is 16.1 Å². The lowest BCUT2D eigenvalue weighted by atomic mass is 9.33. The molecule has 0 N–H and O–H groups in total. The highest BCUT2D eigenvalue weighted by Crippen LogP contribution is 2.47. The van der Waals surface area contributed by atoms with Gasteiger partial charge in [-0.15, -0.1) is 0 Å². The molecule has 0 radical (unpaired) electrons. The first kappa shape index (κ1) is 53.2.